The van der Waals surface area contributed by atoms with Gasteiger partial charge in [-0.15, -0.1) is 0 Å². The molecule has 0 spiro atoms. The van der Waals surface area contributed by atoms with Gasteiger partial charge in [-0.25, -0.2) is 0 Å². The molecule has 17 heavy (non-hydrogen) atoms. The van der Waals surface area contributed by atoms with E-state index in [4.69, 9.17) is 10.5 Å². The number of aryl methyl sites for hydroxylation is 1. The summed E-state index contributed by atoms with van der Waals surface area (Å²) in [5.74, 6) is 0.956. The van der Waals surface area contributed by atoms with Crippen molar-refractivity contribution in [2.24, 2.45) is 5.73 Å². The Hall–Kier alpha value is -1.02. The topological polar surface area (TPSA) is 35.2 Å². The molecule has 1 fully saturated rings. The zero-order valence-electron chi connectivity index (χ0n) is 11.2. The molecule has 0 amide bonds. The lowest BCUT2D eigenvalue weighted by Crippen LogP contribution is -2.39. The monoisotopic (exact) mass is 233 g/mol. The average molecular weight is 233 g/mol. The third kappa shape index (κ3) is 2.19. The maximum Gasteiger partial charge on any atom is 0.124 e. The molecule has 0 saturated heterocycles. The Labute approximate surface area is 104 Å². The van der Waals surface area contributed by atoms with Gasteiger partial charge in [0.15, 0.2) is 0 Å². The summed E-state index contributed by atoms with van der Waals surface area (Å²) in [6.07, 6.45) is 5.92. The fourth-order valence-electron chi connectivity index (χ4n) is 3.01. The summed E-state index contributed by atoms with van der Waals surface area (Å²) in [4.78, 5) is 0. The molecule has 94 valence electrons. The normalized spacial score (nSPS) is 19.1. The number of ether oxygens (including phenoxy) is 1. The highest BCUT2D eigenvalue weighted by Crippen LogP contribution is 2.41. The predicted octanol–water partition coefficient (Wildman–Crippen LogP) is 3.43. The van der Waals surface area contributed by atoms with Crippen LogP contribution in [-0.2, 0) is 5.54 Å². The Morgan fingerprint density at radius 2 is 1.76 bits per heavy atom. The van der Waals surface area contributed by atoms with Gasteiger partial charge in [-0.1, -0.05) is 25.3 Å². The van der Waals surface area contributed by atoms with Crippen LogP contribution < -0.4 is 10.5 Å². The summed E-state index contributed by atoms with van der Waals surface area (Å²) >= 11 is 0. The maximum atomic E-state index is 6.65. The molecule has 2 nitrogen and oxygen atoms in total. The lowest BCUT2D eigenvalue weighted by Gasteiger charge is -2.36. The molecular formula is C15H23NO. The molecule has 0 atom stereocenters. The number of hydrogen-bond acceptors (Lipinski definition) is 2. The zero-order chi connectivity index (χ0) is 12.5. The van der Waals surface area contributed by atoms with Gasteiger partial charge in [-0.3, -0.25) is 0 Å². The number of methoxy groups -OCH3 is 1. The van der Waals surface area contributed by atoms with Crippen LogP contribution in [0.25, 0.3) is 0 Å². The summed E-state index contributed by atoms with van der Waals surface area (Å²) in [5, 5.41) is 0. The molecule has 0 aromatic heterocycles. The standard InChI is InChI=1S/C15H23NO/c1-11-7-8-13(17-3)14(12(11)2)15(16)9-5-4-6-10-15/h7-8H,4-6,9-10,16H2,1-3H3. The van der Waals surface area contributed by atoms with Gasteiger partial charge < -0.3 is 10.5 Å². The molecular weight excluding hydrogens is 210 g/mol. The molecule has 2 N–H and O–H groups in total. The number of nitrogens with two attached hydrogens (primary N) is 1. The molecule has 0 radical (unpaired) electrons. The molecule has 2 heteroatoms. The first-order valence-corrected chi connectivity index (χ1v) is 6.52. The molecule has 0 heterocycles. The first-order chi connectivity index (χ1) is 8.08. The van der Waals surface area contributed by atoms with Gasteiger partial charge in [-0.2, -0.15) is 0 Å². The fourth-order valence-corrected chi connectivity index (χ4v) is 3.01. The van der Waals surface area contributed by atoms with Gasteiger partial charge in [0.25, 0.3) is 0 Å². The van der Waals surface area contributed by atoms with Crippen molar-refractivity contribution in [2.45, 2.75) is 51.5 Å². The summed E-state index contributed by atoms with van der Waals surface area (Å²) in [6, 6.07) is 4.17. The second kappa shape index (κ2) is 4.69. The van der Waals surface area contributed by atoms with Crippen LogP contribution in [-0.4, -0.2) is 7.11 Å². The highest BCUT2D eigenvalue weighted by atomic mass is 16.5. The van der Waals surface area contributed by atoms with E-state index < -0.39 is 0 Å². The Bertz CT molecular complexity index is 406. The molecule has 0 aliphatic heterocycles. The van der Waals surface area contributed by atoms with Gasteiger partial charge in [0.1, 0.15) is 5.75 Å². The van der Waals surface area contributed by atoms with Gasteiger partial charge in [0.05, 0.1) is 7.11 Å². The van der Waals surface area contributed by atoms with E-state index >= 15 is 0 Å². The maximum absolute atomic E-state index is 6.65. The molecule has 2 rings (SSSR count). The van der Waals surface area contributed by atoms with Crippen LogP contribution in [0.5, 0.6) is 5.75 Å². The van der Waals surface area contributed by atoms with Crippen LogP contribution in [0, 0.1) is 13.8 Å². The summed E-state index contributed by atoms with van der Waals surface area (Å²) < 4.78 is 5.52. The van der Waals surface area contributed by atoms with E-state index in [1.165, 1.54) is 36.0 Å². The van der Waals surface area contributed by atoms with E-state index in [0.717, 1.165) is 18.6 Å². The van der Waals surface area contributed by atoms with E-state index in [0.29, 0.717) is 0 Å². The van der Waals surface area contributed by atoms with Crippen LogP contribution >= 0.6 is 0 Å². The second-order valence-electron chi connectivity index (χ2n) is 5.30. The van der Waals surface area contributed by atoms with Crippen molar-refractivity contribution in [2.75, 3.05) is 7.11 Å². The van der Waals surface area contributed by atoms with Crippen molar-refractivity contribution in [1.29, 1.82) is 0 Å². The highest BCUT2D eigenvalue weighted by Gasteiger charge is 2.33. The fraction of sp³-hybridized carbons (Fsp3) is 0.600. The van der Waals surface area contributed by atoms with Crippen molar-refractivity contribution in [3.8, 4) is 5.75 Å². The first kappa shape index (κ1) is 12.4. The molecule has 1 aromatic carbocycles. The SMILES string of the molecule is COc1ccc(C)c(C)c1C1(N)CCCCC1. The lowest BCUT2D eigenvalue weighted by molar-refractivity contribution is 0.287. The largest absolute Gasteiger partial charge is 0.496 e. The first-order valence-electron chi connectivity index (χ1n) is 6.52. The Kier molecular flexibility index (Phi) is 3.43. The summed E-state index contributed by atoms with van der Waals surface area (Å²) in [7, 11) is 1.74. The summed E-state index contributed by atoms with van der Waals surface area (Å²) in [6.45, 7) is 4.31. The quantitative estimate of drug-likeness (QED) is 0.849. The van der Waals surface area contributed by atoms with Gasteiger partial charge in [-0.05, 0) is 43.9 Å². The Balaban J connectivity index is 2.51. The molecule has 0 unspecified atom stereocenters. The molecule has 1 saturated carbocycles. The van der Waals surface area contributed by atoms with Crippen LogP contribution in [0.4, 0.5) is 0 Å². The number of hydrogen-bond donors (Lipinski definition) is 1. The highest BCUT2D eigenvalue weighted by molar-refractivity contribution is 5.48. The number of benzene rings is 1. The van der Waals surface area contributed by atoms with E-state index in [1.807, 2.05) is 0 Å². The molecule has 1 aromatic rings. The third-order valence-electron chi connectivity index (χ3n) is 4.16. The van der Waals surface area contributed by atoms with Crippen molar-refractivity contribution in [1.82, 2.24) is 0 Å². The average Bonchev–Trinajstić information content (AvgIpc) is 2.33. The lowest BCUT2D eigenvalue weighted by atomic mass is 9.75. The Morgan fingerprint density at radius 3 is 2.35 bits per heavy atom. The van der Waals surface area contributed by atoms with Gasteiger partial charge >= 0.3 is 0 Å². The second-order valence-corrected chi connectivity index (χ2v) is 5.30. The van der Waals surface area contributed by atoms with E-state index in [2.05, 4.69) is 26.0 Å². The van der Waals surface area contributed by atoms with Crippen LogP contribution in [0.1, 0.15) is 48.8 Å². The van der Waals surface area contributed by atoms with Crippen molar-refractivity contribution in [3.05, 3.63) is 28.8 Å². The zero-order valence-corrected chi connectivity index (χ0v) is 11.2. The van der Waals surface area contributed by atoms with Crippen LogP contribution in [0.2, 0.25) is 0 Å². The van der Waals surface area contributed by atoms with Crippen molar-refractivity contribution in [3.63, 3.8) is 0 Å². The Morgan fingerprint density at radius 1 is 1.12 bits per heavy atom. The van der Waals surface area contributed by atoms with Crippen molar-refractivity contribution >= 4 is 0 Å². The molecule has 1 aliphatic carbocycles. The van der Waals surface area contributed by atoms with Crippen LogP contribution in [0.3, 0.4) is 0 Å². The smallest absolute Gasteiger partial charge is 0.124 e. The van der Waals surface area contributed by atoms with Gasteiger partial charge in [0, 0.05) is 11.1 Å². The summed E-state index contributed by atoms with van der Waals surface area (Å²) in [5.41, 5.74) is 10.3. The van der Waals surface area contributed by atoms with E-state index in [9.17, 15) is 0 Å². The minimum absolute atomic E-state index is 0.181. The van der Waals surface area contributed by atoms with Crippen LogP contribution in [0.15, 0.2) is 12.1 Å². The predicted molar refractivity (Wildman–Crippen MR) is 71.4 cm³/mol. The third-order valence-corrected chi connectivity index (χ3v) is 4.16. The van der Waals surface area contributed by atoms with E-state index in [-0.39, 0.29) is 5.54 Å². The molecule has 0 bridgehead atoms. The van der Waals surface area contributed by atoms with Gasteiger partial charge in [0.2, 0.25) is 0 Å². The molecule has 1 aliphatic rings. The minimum atomic E-state index is -0.181. The van der Waals surface area contributed by atoms with Crippen molar-refractivity contribution < 1.29 is 4.74 Å². The number of rotatable bonds is 2. The van der Waals surface area contributed by atoms with E-state index in [1.54, 1.807) is 7.11 Å². The minimum Gasteiger partial charge on any atom is -0.496 e.